The van der Waals surface area contributed by atoms with Gasteiger partial charge in [-0.1, -0.05) is 65.8 Å². The molecule has 1 aromatic carbocycles. The summed E-state index contributed by atoms with van der Waals surface area (Å²) in [6.07, 6.45) is 0.529. The maximum absolute atomic E-state index is 12.2. The SMILES string of the molecule is CC(C)(C)Cc1cccc(CC(O)C(N)C(=O)C(C)(C)C)c1. The Morgan fingerprint density at radius 1 is 1.14 bits per heavy atom. The Bertz CT molecular complexity index is 509. The van der Waals surface area contributed by atoms with Gasteiger partial charge in [-0.3, -0.25) is 4.79 Å². The number of carbonyl (C=O) groups excluding carboxylic acids is 1. The maximum Gasteiger partial charge on any atom is 0.157 e. The molecule has 0 saturated heterocycles. The molecule has 0 fully saturated rings. The molecule has 0 aliphatic carbocycles. The molecular formula is C19H31NO2. The molecule has 0 aromatic heterocycles. The molecule has 0 saturated carbocycles. The molecule has 0 amide bonds. The van der Waals surface area contributed by atoms with E-state index in [0.717, 1.165) is 12.0 Å². The third-order valence-corrected chi connectivity index (χ3v) is 3.63. The molecule has 3 nitrogen and oxygen atoms in total. The van der Waals surface area contributed by atoms with Crippen molar-refractivity contribution >= 4 is 5.78 Å². The van der Waals surface area contributed by atoms with E-state index in [0.29, 0.717) is 6.42 Å². The summed E-state index contributed by atoms with van der Waals surface area (Å²) in [4.78, 5) is 12.2. The Morgan fingerprint density at radius 2 is 1.68 bits per heavy atom. The van der Waals surface area contributed by atoms with Gasteiger partial charge in [0.1, 0.15) is 0 Å². The van der Waals surface area contributed by atoms with Gasteiger partial charge in [-0.05, 0) is 23.0 Å². The minimum Gasteiger partial charge on any atom is -0.391 e. The second-order valence-electron chi connectivity index (χ2n) is 8.47. The largest absolute Gasteiger partial charge is 0.391 e. The van der Waals surface area contributed by atoms with E-state index in [4.69, 9.17) is 5.73 Å². The lowest BCUT2D eigenvalue weighted by molar-refractivity contribution is -0.130. The van der Waals surface area contributed by atoms with Gasteiger partial charge in [0.15, 0.2) is 5.78 Å². The quantitative estimate of drug-likeness (QED) is 0.878. The van der Waals surface area contributed by atoms with E-state index in [2.05, 4.69) is 32.9 Å². The zero-order valence-corrected chi connectivity index (χ0v) is 14.8. The van der Waals surface area contributed by atoms with Crippen LogP contribution in [-0.2, 0) is 17.6 Å². The fourth-order valence-corrected chi connectivity index (χ4v) is 2.52. The van der Waals surface area contributed by atoms with E-state index in [1.54, 1.807) is 0 Å². The number of Topliss-reactive ketones (excluding diaryl/α,β-unsaturated/α-hetero) is 1. The lowest BCUT2D eigenvalue weighted by atomic mass is 9.83. The Balaban J connectivity index is 2.78. The maximum atomic E-state index is 12.2. The zero-order valence-electron chi connectivity index (χ0n) is 14.8. The molecule has 3 heteroatoms. The molecule has 0 heterocycles. The van der Waals surface area contributed by atoms with Crippen LogP contribution in [0.15, 0.2) is 24.3 Å². The van der Waals surface area contributed by atoms with Crippen LogP contribution in [0.4, 0.5) is 0 Å². The highest BCUT2D eigenvalue weighted by atomic mass is 16.3. The number of hydrogen-bond donors (Lipinski definition) is 2. The zero-order chi connectivity index (χ0) is 17.1. The van der Waals surface area contributed by atoms with Gasteiger partial charge in [0.05, 0.1) is 12.1 Å². The Kier molecular flexibility index (Phi) is 5.94. The van der Waals surface area contributed by atoms with Crippen molar-refractivity contribution in [1.29, 1.82) is 0 Å². The van der Waals surface area contributed by atoms with Gasteiger partial charge in [0.2, 0.25) is 0 Å². The van der Waals surface area contributed by atoms with Crippen molar-refractivity contribution in [2.45, 2.75) is 66.5 Å². The lowest BCUT2D eigenvalue weighted by Gasteiger charge is -2.25. The molecule has 0 bridgehead atoms. The summed E-state index contributed by atoms with van der Waals surface area (Å²) in [6, 6.07) is 7.33. The molecule has 2 unspecified atom stereocenters. The highest BCUT2D eigenvalue weighted by molar-refractivity contribution is 5.89. The van der Waals surface area contributed by atoms with Crippen LogP contribution < -0.4 is 5.73 Å². The van der Waals surface area contributed by atoms with Crippen molar-refractivity contribution in [3.8, 4) is 0 Å². The normalized spacial score (nSPS) is 15.5. The number of ketones is 1. The summed E-state index contributed by atoms with van der Waals surface area (Å²) in [5.74, 6) is -0.106. The van der Waals surface area contributed by atoms with Gasteiger partial charge in [-0.2, -0.15) is 0 Å². The van der Waals surface area contributed by atoms with Crippen molar-refractivity contribution in [1.82, 2.24) is 0 Å². The monoisotopic (exact) mass is 305 g/mol. The highest BCUT2D eigenvalue weighted by Gasteiger charge is 2.31. The smallest absolute Gasteiger partial charge is 0.157 e. The summed E-state index contributed by atoms with van der Waals surface area (Å²) in [6.45, 7) is 12.1. The molecule has 0 spiro atoms. The predicted octanol–water partition coefficient (Wildman–Crippen LogP) is 3.12. The van der Waals surface area contributed by atoms with E-state index in [1.165, 1.54) is 5.56 Å². The Labute approximate surface area is 134 Å². The average molecular weight is 305 g/mol. The first kappa shape index (κ1) is 18.9. The van der Waals surface area contributed by atoms with Gasteiger partial charge in [0, 0.05) is 11.8 Å². The van der Waals surface area contributed by atoms with E-state index < -0.39 is 17.6 Å². The number of rotatable bonds is 5. The van der Waals surface area contributed by atoms with Crippen LogP contribution in [0.25, 0.3) is 0 Å². The first-order chi connectivity index (χ1) is 9.90. The number of aliphatic hydroxyl groups excluding tert-OH is 1. The fraction of sp³-hybridized carbons (Fsp3) is 0.632. The standard InChI is InChI=1S/C19H31NO2/c1-18(2,3)12-14-9-7-8-13(10-14)11-15(21)16(20)17(22)19(4,5)6/h7-10,15-16,21H,11-12,20H2,1-6H3. The molecule has 1 rings (SSSR count). The van der Waals surface area contributed by atoms with Crippen molar-refractivity contribution in [2.75, 3.05) is 0 Å². The van der Waals surface area contributed by atoms with E-state index in [-0.39, 0.29) is 11.2 Å². The molecule has 1 aromatic rings. The summed E-state index contributed by atoms with van der Waals surface area (Å²) < 4.78 is 0. The van der Waals surface area contributed by atoms with Crippen LogP contribution in [0, 0.1) is 10.8 Å². The first-order valence-electron chi connectivity index (χ1n) is 7.96. The lowest BCUT2D eigenvalue weighted by Crippen LogP contribution is -2.47. The Hall–Kier alpha value is -1.19. The van der Waals surface area contributed by atoms with Crippen LogP contribution in [0.1, 0.15) is 52.7 Å². The van der Waals surface area contributed by atoms with Crippen LogP contribution >= 0.6 is 0 Å². The van der Waals surface area contributed by atoms with Gasteiger partial charge < -0.3 is 10.8 Å². The number of aliphatic hydroxyl groups is 1. The second kappa shape index (κ2) is 6.93. The number of hydrogen-bond acceptors (Lipinski definition) is 3. The molecular weight excluding hydrogens is 274 g/mol. The van der Waals surface area contributed by atoms with Crippen molar-refractivity contribution in [3.63, 3.8) is 0 Å². The summed E-state index contributed by atoms with van der Waals surface area (Å²) in [7, 11) is 0. The topological polar surface area (TPSA) is 63.3 Å². The average Bonchev–Trinajstić information content (AvgIpc) is 2.34. The van der Waals surface area contributed by atoms with E-state index >= 15 is 0 Å². The first-order valence-corrected chi connectivity index (χ1v) is 7.96. The third-order valence-electron chi connectivity index (χ3n) is 3.63. The van der Waals surface area contributed by atoms with Crippen molar-refractivity contribution in [3.05, 3.63) is 35.4 Å². The summed E-state index contributed by atoms with van der Waals surface area (Å²) in [5, 5.41) is 10.3. The van der Waals surface area contributed by atoms with Crippen LogP contribution in [0.3, 0.4) is 0 Å². The van der Waals surface area contributed by atoms with Gasteiger partial charge in [-0.15, -0.1) is 0 Å². The summed E-state index contributed by atoms with van der Waals surface area (Å²) in [5.41, 5.74) is 7.88. The Morgan fingerprint density at radius 3 is 2.18 bits per heavy atom. The summed E-state index contributed by atoms with van der Waals surface area (Å²) >= 11 is 0. The van der Waals surface area contributed by atoms with Gasteiger partial charge in [-0.25, -0.2) is 0 Å². The second-order valence-corrected chi connectivity index (χ2v) is 8.47. The van der Waals surface area contributed by atoms with Crippen LogP contribution in [0.2, 0.25) is 0 Å². The molecule has 2 atom stereocenters. The highest BCUT2D eigenvalue weighted by Crippen LogP contribution is 2.22. The minimum absolute atomic E-state index is 0.106. The van der Waals surface area contributed by atoms with Crippen LogP contribution in [0.5, 0.6) is 0 Å². The van der Waals surface area contributed by atoms with Crippen LogP contribution in [-0.4, -0.2) is 23.0 Å². The van der Waals surface area contributed by atoms with E-state index in [9.17, 15) is 9.90 Å². The van der Waals surface area contributed by atoms with Crippen molar-refractivity contribution in [2.24, 2.45) is 16.6 Å². The third kappa shape index (κ3) is 5.90. The molecule has 0 aliphatic heterocycles. The molecule has 22 heavy (non-hydrogen) atoms. The molecule has 0 aliphatic rings. The number of nitrogens with two attached hydrogens (primary N) is 1. The minimum atomic E-state index is -0.850. The van der Waals surface area contributed by atoms with Gasteiger partial charge >= 0.3 is 0 Å². The van der Waals surface area contributed by atoms with E-state index in [1.807, 2.05) is 32.9 Å². The number of carbonyl (C=O) groups is 1. The molecule has 124 valence electrons. The van der Waals surface area contributed by atoms with Crippen molar-refractivity contribution < 1.29 is 9.90 Å². The number of benzene rings is 1. The fourth-order valence-electron chi connectivity index (χ4n) is 2.52. The van der Waals surface area contributed by atoms with Gasteiger partial charge in [0.25, 0.3) is 0 Å². The molecule has 0 radical (unpaired) electrons. The predicted molar refractivity (Wildman–Crippen MR) is 91.7 cm³/mol. The molecule has 3 N–H and O–H groups in total.